The van der Waals surface area contributed by atoms with Crippen LogP contribution in [0.25, 0.3) is 0 Å². The van der Waals surface area contributed by atoms with Crippen molar-refractivity contribution in [2.75, 3.05) is 17.2 Å². The van der Waals surface area contributed by atoms with Gasteiger partial charge in [-0.1, -0.05) is 60.7 Å². The van der Waals surface area contributed by atoms with Gasteiger partial charge in [0.05, 0.1) is 10.9 Å². The summed E-state index contributed by atoms with van der Waals surface area (Å²) in [5, 5.41) is 14.0. The summed E-state index contributed by atoms with van der Waals surface area (Å²) in [5.41, 5.74) is 2.79. The number of halogens is 1. The molecule has 1 atom stereocenters. The lowest BCUT2D eigenvalue weighted by molar-refractivity contribution is 0.960. The maximum absolute atomic E-state index is 7.74. The van der Waals surface area contributed by atoms with Crippen LogP contribution in [0.15, 0.2) is 67.0 Å². The molecule has 5 nitrogen and oxygen atoms in total. The Bertz CT molecular complexity index is 839. The Balaban J connectivity index is 1.68. The van der Waals surface area contributed by atoms with Gasteiger partial charge in [-0.05, 0) is 11.1 Å². The van der Waals surface area contributed by atoms with Crippen molar-refractivity contribution >= 4 is 29.5 Å². The van der Waals surface area contributed by atoms with Crippen molar-refractivity contribution in [2.45, 2.75) is 11.9 Å². The van der Waals surface area contributed by atoms with Gasteiger partial charge >= 0.3 is 0 Å². The number of hydrogen-bond donors (Lipinski definition) is 3. The fraction of sp³-hybridized carbons (Fsp3) is 0.150. The quantitative estimate of drug-likeness (QED) is 0.406. The first-order valence-electron chi connectivity index (χ1n) is 8.34. The van der Waals surface area contributed by atoms with Crippen LogP contribution in [0.1, 0.15) is 22.1 Å². The van der Waals surface area contributed by atoms with Crippen LogP contribution < -0.4 is 10.6 Å². The highest BCUT2D eigenvalue weighted by atomic mass is 35.5. The van der Waals surface area contributed by atoms with Gasteiger partial charge in [0.25, 0.3) is 0 Å². The van der Waals surface area contributed by atoms with Crippen LogP contribution in [0, 0.1) is 5.41 Å². The highest BCUT2D eigenvalue weighted by molar-refractivity contribution is 6.21. The molecule has 3 N–H and O–H groups in total. The average molecular weight is 366 g/mol. The molecule has 3 rings (SSSR count). The summed E-state index contributed by atoms with van der Waals surface area (Å²) in [7, 11) is 0. The second-order valence-corrected chi connectivity index (χ2v) is 6.25. The zero-order valence-electron chi connectivity index (χ0n) is 14.2. The molecule has 0 radical (unpaired) electrons. The fourth-order valence-electron chi connectivity index (χ4n) is 2.56. The monoisotopic (exact) mass is 365 g/mol. The van der Waals surface area contributed by atoms with E-state index in [4.69, 9.17) is 17.0 Å². The average Bonchev–Trinajstić information content (AvgIpc) is 2.71. The first-order chi connectivity index (χ1) is 12.8. The Labute approximate surface area is 158 Å². The van der Waals surface area contributed by atoms with Crippen molar-refractivity contribution in [1.82, 2.24) is 9.97 Å². The van der Waals surface area contributed by atoms with Gasteiger partial charge < -0.3 is 16.0 Å². The minimum atomic E-state index is -0.189. The SMILES string of the molecule is N=Cc1c(NCc2ccccc2)ncnc1NCC(Cl)c1ccccc1. The van der Waals surface area contributed by atoms with E-state index in [0.29, 0.717) is 30.3 Å². The van der Waals surface area contributed by atoms with Crippen LogP contribution in [-0.4, -0.2) is 22.7 Å². The molecule has 0 amide bonds. The van der Waals surface area contributed by atoms with Crippen molar-refractivity contribution in [3.63, 3.8) is 0 Å². The number of nitrogens with zero attached hydrogens (tertiary/aromatic N) is 2. The highest BCUT2D eigenvalue weighted by Gasteiger charge is 2.12. The third kappa shape index (κ3) is 4.58. The molecule has 0 spiro atoms. The maximum atomic E-state index is 7.74. The van der Waals surface area contributed by atoms with Gasteiger partial charge in [-0.2, -0.15) is 0 Å². The zero-order valence-corrected chi connectivity index (χ0v) is 14.9. The Hall–Kier alpha value is -2.92. The molecule has 1 aromatic heterocycles. The third-order valence-corrected chi connectivity index (χ3v) is 4.35. The van der Waals surface area contributed by atoms with Crippen LogP contribution in [-0.2, 0) is 6.54 Å². The molecular weight excluding hydrogens is 346 g/mol. The Morgan fingerprint density at radius 3 is 2.19 bits per heavy atom. The number of aromatic nitrogens is 2. The topological polar surface area (TPSA) is 73.7 Å². The van der Waals surface area contributed by atoms with Gasteiger partial charge in [-0.3, -0.25) is 0 Å². The van der Waals surface area contributed by atoms with E-state index in [1.165, 1.54) is 12.5 Å². The van der Waals surface area contributed by atoms with E-state index in [1.807, 2.05) is 60.7 Å². The van der Waals surface area contributed by atoms with Gasteiger partial charge in [0, 0.05) is 19.3 Å². The van der Waals surface area contributed by atoms with Crippen molar-refractivity contribution in [3.05, 3.63) is 83.7 Å². The minimum Gasteiger partial charge on any atom is -0.368 e. The third-order valence-electron chi connectivity index (χ3n) is 3.94. The summed E-state index contributed by atoms with van der Waals surface area (Å²) in [6.45, 7) is 1.13. The first-order valence-corrected chi connectivity index (χ1v) is 8.77. The van der Waals surface area contributed by atoms with Crippen molar-refractivity contribution in [3.8, 4) is 0 Å². The number of nitrogens with one attached hydrogen (secondary N) is 3. The Morgan fingerprint density at radius 2 is 1.54 bits per heavy atom. The first kappa shape index (κ1) is 17.9. The standard InChI is InChI=1S/C20H20ClN5/c21-18(16-9-5-2-6-10-16)13-24-20-17(11-22)19(25-14-26-20)23-12-15-7-3-1-4-8-15/h1-11,14,18,22H,12-13H2,(H2,23,24,25,26). The second-order valence-electron chi connectivity index (χ2n) is 5.73. The molecule has 0 aliphatic rings. The molecule has 0 saturated carbocycles. The van der Waals surface area contributed by atoms with Crippen LogP contribution in [0.3, 0.4) is 0 Å². The normalized spacial score (nSPS) is 11.6. The molecule has 0 aliphatic carbocycles. The summed E-state index contributed by atoms with van der Waals surface area (Å²) < 4.78 is 0. The molecule has 132 valence electrons. The lowest BCUT2D eigenvalue weighted by Crippen LogP contribution is -2.13. The van der Waals surface area contributed by atoms with Gasteiger partial charge in [0.1, 0.15) is 18.0 Å². The van der Waals surface area contributed by atoms with E-state index in [1.54, 1.807) is 0 Å². The van der Waals surface area contributed by atoms with Gasteiger partial charge in [0.15, 0.2) is 0 Å². The molecule has 3 aromatic rings. The molecule has 1 unspecified atom stereocenters. The van der Waals surface area contributed by atoms with E-state index in [9.17, 15) is 0 Å². The second kappa shape index (κ2) is 8.97. The number of rotatable bonds is 8. The molecule has 1 heterocycles. The van der Waals surface area contributed by atoms with E-state index in [0.717, 1.165) is 11.1 Å². The highest BCUT2D eigenvalue weighted by Crippen LogP contribution is 2.23. The van der Waals surface area contributed by atoms with E-state index < -0.39 is 0 Å². The predicted octanol–water partition coefficient (Wildman–Crippen LogP) is 4.48. The fourth-order valence-corrected chi connectivity index (χ4v) is 2.78. The van der Waals surface area contributed by atoms with Crippen molar-refractivity contribution < 1.29 is 0 Å². The van der Waals surface area contributed by atoms with E-state index >= 15 is 0 Å². The number of benzene rings is 2. The van der Waals surface area contributed by atoms with Crippen LogP contribution in [0.2, 0.25) is 0 Å². The van der Waals surface area contributed by atoms with Gasteiger partial charge in [-0.15, -0.1) is 11.6 Å². The van der Waals surface area contributed by atoms with E-state index in [2.05, 4.69) is 20.6 Å². The molecule has 0 fully saturated rings. The summed E-state index contributed by atoms with van der Waals surface area (Å²) >= 11 is 6.45. The number of hydrogen-bond acceptors (Lipinski definition) is 5. The lowest BCUT2D eigenvalue weighted by atomic mass is 10.1. The lowest BCUT2D eigenvalue weighted by Gasteiger charge is -2.15. The molecule has 26 heavy (non-hydrogen) atoms. The van der Waals surface area contributed by atoms with Crippen molar-refractivity contribution in [1.29, 1.82) is 5.41 Å². The summed E-state index contributed by atoms with van der Waals surface area (Å²) in [4.78, 5) is 8.52. The summed E-state index contributed by atoms with van der Waals surface area (Å²) in [6, 6.07) is 19.9. The number of anilines is 2. The predicted molar refractivity (Wildman–Crippen MR) is 107 cm³/mol. The molecule has 6 heteroatoms. The largest absolute Gasteiger partial charge is 0.368 e. The van der Waals surface area contributed by atoms with Crippen LogP contribution in [0.5, 0.6) is 0 Å². The smallest absolute Gasteiger partial charge is 0.140 e. The molecular formula is C20H20ClN5. The Morgan fingerprint density at radius 1 is 0.923 bits per heavy atom. The van der Waals surface area contributed by atoms with Crippen LogP contribution in [0.4, 0.5) is 11.6 Å². The van der Waals surface area contributed by atoms with Gasteiger partial charge in [0.2, 0.25) is 0 Å². The molecule has 0 bridgehead atoms. The van der Waals surface area contributed by atoms with Crippen molar-refractivity contribution in [2.24, 2.45) is 0 Å². The molecule has 2 aromatic carbocycles. The Kier molecular flexibility index (Phi) is 6.17. The minimum absolute atomic E-state index is 0.189. The maximum Gasteiger partial charge on any atom is 0.140 e. The molecule has 0 saturated heterocycles. The zero-order chi connectivity index (χ0) is 18.2. The van der Waals surface area contributed by atoms with Gasteiger partial charge in [-0.25, -0.2) is 9.97 Å². The van der Waals surface area contributed by atoms with Crippen LogP contribution >= 0.6 is 11.6 Å². The summed E-state index contributed by atoms with van der Waals surface area (Å²) in [6.07, 6.45) is 2.73. The number of alkyl halides is 1. The summed E-state index contributed by atoms with van der Waals surface area (Å²) in [5.74, 6) is 1.21. The molecule has 0 aliphatic heterocycles. The van der Waals surface area contributed by atoms with E-state index in [-0.39, 0.29) is 5.38 Å².